The van der Waals surface area contributed by atoms with Gasteiger partial charge in [-0.25, -0.2) is 13.4 Å². The molecule has 14 nitrogen and oxygen atoms in total. The van der Waals surface area contributed by atoms with Crippen LogP contribution in [0.5, 0.6) is 23.1 Å². The second-order valence-electron chi connectivity index (χ2n) is 19.2. The predicted octanol–water partition coefficient (Wildman–Crippen LogP) is 6.96. The van der Waals surface area contributed by atoms with Crippen molar-refractivity contribution < 1.29 is 51.3 Å². The standard InChI is InChI=1S/C48H59N3O11S/c1-28-9-7-8-10-32-25-48(32,46(55)50-63(56,57)35-13-14-35)26-40(52)39-23-34(27-51(39)45(54)37(29(2)19-28)24-43(53)62-47(3,4)5)61-44-36-15-12-33(58-6)20-31(36)21-38(49-44)30-11-16-41-42(22-30)60-18-17-59-41/h8,10-12,15-16,20-22,28-29,32,34-35,37,39H,7,9,13-14,17-19,23-27H2,1-6H3,(H,50,55)/b10-8-/t28-,29-,32-,34?,37+,39+,48-/m1/s1. The van der Waals surface area contributed by atoms with E-state index in [0.717, 1.165) is 17.4 Å². The SMILES string of the molecule is COc1ccc2c(OC3C[C@H]4C(=O)C[C@]5(C(=O)NS(=O)(=O)C6CC6)C[C@H]5/C=C\CC[C@@H](C)C[C@@H](C)[C@H](CC(=O)OC(C)(C)C)C(=O)N4C3)nc(-c3ccc4c(c3)OCCO4)cc2c1. The normalized spacial score (nSPS) is 28.2. The minimum absolute atomic E-state index is 0.00843. The number of aromatic nitrogens is 1. The number of hydrogen-bond acceptors (Lipinski definition) is 12. The molecule has 63 heavy (non-hydrogen) atoms. The Kier molecular flexibility index (Phi) is 12.3. The van der Waals surface area contributed by atoms with E-state index in [0.29, 0.717) is 73.6 Å². The zero-order valence-corrected chi connectivity index (χ0v) is 37.8. The van der Waals surface area contributed by atoms with Crippen LogP contribution < -0.4 is 23.7 Å². The number of esters is 1. The van der Waals surface area contributed by atoms with E-state index in [4.69, 9.17) is 28.7 Å². The average molecular weight is 886 g/mol. The summed E-state index contributed by atoms with van der Waals surface area (Å²) >= 11 is 0. The Morgan fingerprint density at radius 2 is 1.75 bits per heavy atom. The topological polar surface area (TPSA) is 177 Å². The van der Waals surface area contributed by atoms with Crippen LogP contribution in [0.4, 0.5) is 0 Å². The first-order valence-corrected chi connectivity index (χ1v) is 23.8. The Labute approximate surface area is 369 Å². The molecule has 1 N–H and O–H groups in total. The van der Waals surface area contributed by atoms with Gasteiger partial charge >= 0.3 is 5.97 Å². The summed E-state index contributed by atoms with van der Waals surface area (Å²) in [6.07, 6.45) is 6.32. The van der Waals surface area contributed by atoms with E-state index in [1.807, 2.05) is 61.5 Å². The van der Waals surface area contributed by atoms with Crippen molar-refractivity contribution in [1.29, 1.82) is 0 Å². The molecule has 5 aliphatic rings. The Morgan fingerprint density at radius 1 is 0.984 bits per heavy atom. The molecule has 338 valence electrons. The molecule has 3 aromatic rings. The van der Waals surface area contributed by atoms with Gasteiger partial charge < -0.3 is 28.6 Å². The van der Waals surface area contributed by atoms with Crippen LogP contribution in [0.1, 0.15) is 92.4 Å². The van der Waals surface area contributed by atoms with Gasteiger partial charge in [0.05, 0.1) is 48.4 Å². The van der Waals surface area contributed by atoms with Gasteiger partial charge in [-0.1, -0.05) is 26.0 Å². The zero-order chi connectivity index (χ0) is 44.8. The van der Waals surface area contributed by atoms with E-state index in [9.17, 15) is 22.8 Å². The van der Waals surface area contributed by atoms with Crippen molar-refractivity contribution in [2.75, 3.05) is 26.9 Å². The Balaban J connectivity index is 1.16. The maximum atomic E-state index is 15.1. The number of fused-ring (bicyclic) bond motifs is 4. The van der Waals surface area contributed by atoms with Crippen LogP contribution in [0.3, 0.4) is 0 Å². The maximum absolute atomic E-state index is 15.1. The number of carbonyl (C=O) groups excluding carboxylic acids is 4. The van der Waals surface area contributed by atoms with E-state index in [1.165, 1.54) is 4.90 Å². The van der Waals surface area contributed by atoms with Crippen molar-refractivity contribution in [2.24, 2.45) is 29.1 Å². The number of methoxy groups -OCH3 is 1. The van der Waals surface area contributed by atoms with Gasteiger partial charge in [0.15, 0.2) is 17.3 Å². The largest absolute Gasteiger partial charge is 0.497 e. The third-order valence-electron chi connectivity index (χ3n) is 13.1. The van der Waals surface area contributed by atoms with Crippen LogP contribution >= 0.6 is 0 Å². The van der Waals surface area contributed by atoms with Crippen LogP contribution in [0.25, 0.3) is 22.0 Å². The van der Waals surface area contributed by atoms with Crippen LogP contribution in [-0.2, 0) is 33.9 Å². The van der Waals surface area contributed by atoms with Gasteiger partial charge in [-0.05, 0) is 125 Å². The fourth-order valence-corrected chi connectivity index (χ4v) is 10.9. The van der Waals surface area contributed by atoms with E-state index in [1.54, 1.807) is 27.9 Å². The molecular weight excluding hydrogens is 827 g/mol. The van der Waals surface area contributed by atoms with Gasteiger partial charge in [0, 0.05) is 23.8 Å². The second-order valence-corrected chi connectivity index (χ2v) is 21.2. The summed E-state index contributed by atoms with van der Waals surface area (Å²) in [4.78, 5) is 64.1. The number of nitrogens with zero attached hydrogens (tertiary/aromatic N) is 2. The number of allylic oxidation sites excluding steroid dienone is 2. The highest BCUT2D eigenvalue weighted by molar-refractivity contribution is 7.90. The van der Waals surface area contributed by atoms with Crippen molar-refractivity contribution in [3.8, 4) is 34.4 Å². The average Bonchev–Trinajstić information content (AvgIpc) is 4.16. The first-order chi connectivity index (χ1) is 29.9. The lowest BCUT2D eigenvalue weighted by Gasteiger charge is -2.32. The summed E-state index contributed by atoms with van der Waals surface area (Å²) in [6, 6.07) is 12.0. The predicted molar refractivity (Wildman–Crippen MR) is 235 cm³/mol. The zero-order valence-electron chi connectivity index (χ0n) is 37.0. The molecule has 1 aromatic heterocycles. The van der Waals surface area contributed by atoms with Crippen molar-refractivity contribution >= 4 is 44.4 Å². The molecule has 0 radical (unpaired) electrons. The summed E-state index contributed by atoms with van der Waals surface area (Å²) in [5.74, 6) is -0.989. The van der Waals surface area contributed by atoms with Crippen LogP contribution in [0.15, 0.2) is 54.6 Å². The molecule has 0 spiro atoms. The number of hydrogen-bond donors (Lipinski definition) is 1. The molecular formula is C48H59N3O11S. The summed E-state index contributed by atoms with van der Waals surface area (Å²) in [5.41, 5.74) is -0.714. The van der Waals surface area contributed by atoms with Crippen LogP contribution in [0.2, 0.25) is 0 Å². The van der Waals surface area contributed by atoms with Gasteiger partial charge in [-0.15, -0.1) is 0 Å². The molecule has 2 aromatic carbocycles. The minimum atomic E-state index is -3.89. The van der Waals surface area contributed by atoms with E-state index >= 15 is 4.79 Å². The Morgan fingerprint density at radius 3 is 2.48 bits per heavy atom. The van der Waals surface area contributed by atoms with E-state index in [2.05, 4.69) is 11.6 Å². The molecule has 4 heterocycles. The molecule has 2 aliphatic carbocycles. The highest BCUT2D eigenvalue weighted by Crippen LogP contribution is 2.57. The summed E-state index contributed by atoms with van der Waals surface area (Å²) < 4.78 is 58.2. The molecule has 15 heteroatoms. The highest BCUT2D eigenvalue weighted by atomic mass is 32.2. The van der Waals surface area contributed by atoms with Crippen molar-refractivity contribution in [3.05, 3.63) is 54.6 Å². The van der Waals surface area contributed by atoms with Crippen LogP contribution in [0, 0.1) is 29.1 Å². The lowest BCUT2D eigenvalue weighted by Crippen LogP contribution is -2.47. The van der Waals surface area contributed by atoms with Gasteiger partial charge in [-0.2, -0.15) is 0 Å². The Hall–Kier alpha value is -5.18. The third kappa shape index (κ3) is 9.83. The molecule has 1 saturated heterocycles. The lowest BCUT2D eigenvalue weighted by atomic mass is 9.82. The molecule has 3 fully saturated rings. The molecule has 8 rings (SSSR count). The fraction of sp³-hybridized carbons (Fsp3) is 0.562. The fourth-order valence-electron chi connectivity index (χ4n) is 9.48. The molecule has 0 bridgehead atoms. The smallest absolute Gasteiger partial charge is 0.307 e. The maximum Gasteiger partial charge on any atom is 0.307 e. The number of amides is 2. The number of rotatable bonds is 9. The Bertz CT molecular complexity index is 2420. The molecule has 3 aliphatic heterocycles. The van der Waals surface area contributed by atoms with Crippen molar-refractivity contribution in [3.63, 3.8) is 0 Å². The summed E-state index contributed by atoms with van der Waals surface area (Å²) in [7, 11) is -2.30. The molecule has 2 saturated carbocycles. The van der Waals surface area contributed by atoms with Gasteiger partial charge in [0.1, 0.15) is 30.7 Å². The first-order valence-electron chi connectivity index (χ1n) is 22.3. The number of Topliss-reactive ketones (excluding diaryl/α,β-unsaturated/α-hetero) is 1. The number of benzene rings is 2. The minimum Gasteiger partial charge on any atom is -0.497 e. The summed E-state index contributed by atoms with van der Waals surface area (Å²) in [5, 5.41) is 0.852. The third-order valence-corrected chi connectivity index (χ3v) is 14.9. The van der Waals surface area contributed by atoms with Crippen molar-refractivity contribution in [2.45, 2.75) is 115 Å². The number of carbonyl (C=O) groups is 4. The monoisotopic (exact) mass is 885 g/mol. The lowest BCUT2D eigenvalue weighted by molar-refractivity contribution is -0.160. The second kappa shape index (κ2) is 17.4. The van der Waals surface area contributed by atoms with Crippen molar-refractivity contribution in [1.82, 2.24) is 14.6 Å². The number of nitrogens with one attached hydrogen (secondary N) is 1. The van der Waals surface area contributed by atoms with E-state index in [-0.39, 0.29) is 61.1 Å². The van der Waals surface area contributed by atoms with Crippen LogP contribution in [-0.4, -0.2) is 91.7 Å². The number of ketones is 1. The van der Waals surface area contributed by atoms with E-state index < -0.39 is 56.2 Å². The number of ether oxygens (including phenoxy) is 5. The highest BCUT2D eigenvalue weighted by Gasteiger charge is 2.61. The molecule has 7 atom stereocenters. The number of pyridine rings is 1. The quantitative estimate of drug-likeness (QED) is 0.173. The van der Waals surface area contributed by atoms with Gasteiger partial charge in [0.25, 0.3) is 0 Å². The first kappa shape index (κ1) is 44.4. The molecule has 1 unspecified atom stereocenters. The molecule has 2 amide bonds. The van der Waals surface area contributed by atoms with Gasteiger partial charge in [0.2, 0.25) is 27.7 Å². The summed E-state index contributed by atoms with van der Waals surface area (Å²) in [6.45, 7) is 10.3. The number of sulfonamides is 1. The van der Waals surface area contributed by atoms with Gasteiger partial charge in [-0.3, -0.25) is 23.9 Å².